The Hall–Kier alpha value is 1.45. The van der Waals surface area contributed by atoms with Gasteiger partial charge in [0.1, 0.15) is 0 Å². The molecule has 93 heavy (non-hydrogen) atoms. The second-order valence-electron chi connectivity index (χ2n) is 28.8. The van der Waals surface area contributed by atoms with Crippen LogP contribution in [-0.2, 0) is 39.3 Å². The summed E-state index contributed by atoms with van der Waals surface area (Å²) in [5.74, 6) is 0. The van der Waals surface area contributed by atoms with E-state index in [4.69, 9.17) is 0 Å². The Morgan fingerprint density at radius 2 is 0.204 bits per heavy atom. The van der Waals surface area contributed by atoms with Gasteiger partial charge in [-0.3, -0.25) is 0 Å². The van der Waals surface area contributed by atoms with Crippen LogP contribution in [0.25, 0.3) is 0 Å². The molecule has 562 valence electrons. The third-order valence-electron chi connectivity index (χ3n) is 18.8. The van der Waals surface area contributed by atoms with E-state index in [0.29, 0.717) is 49.3 Å². The van der Waals surface area contributed by atoms with Crippen LogP contribution in [0.1, 0.15) is 466 Å². The molecule has 0 spiro atoms. The van der Waals surface area contributed by atoms with Crippen molar-refractivity contribution < 1.29 is 58.9 Å². The topological polar surface area (TPSA) is 161 Å². The van der Waals surface area contributed by atoms with Gasteiger partial charge in [0.2, 0.25) is 0 Å². The van der Waals surface area contributed by atoms with Crippen molar-refractivity contribution in [3.8, 4) is 0 Å². The van der Waals surface area contributed by atoms with Crippen LogP contribution in [0.3, 0.4) is 0 Å². The molecule has 13 heteroatoms. The zero-order chi connectivity index (χ0) is 68.9. The summed E-state index contributed by atoms with van der Waals surface area (Å²) >= 11 is 0. The van der Waals surface area contributed by atoms with Gasteiger partial charge in [0.05, 0.1) is 0 Å². The first-order chi connectivity index (χ1) is 44.5. The van der Waals surface area contributed by atoms with Crippen LogP contribution in [0, 0.1) is 0 Å². The van der Waals surface area contributed by atoms with Crippen molar-refractivity contribution in [3.05, 3.63) is 0 Å². The Morgan fingerprint density at radius 3 is 0.280 bits per heavy atom. The molecule has 0 atom stereocenters. The fraction of sp³-hybridized carbons (Fsp3) is 1.00. The SMILES string of the molecule is CCCCCCCCCCP(=O)([O-])CCCCCCCCCC.CCCCCCCCCCP(=O)([O-])CCCCCCCCCC.CCCCCCCCCCP(=O)([O-])CCCCCCCCCC.CCCCCCCCCCP(=O)([O-])CCCCCCCCCC.[Mo+4]. The molecule has 0 unspecified atom stereocenters. The molecule has 0 aromatic carbocycles. The summed E-state index contributed by atoms with van der Waals surface area (Å²) in [5, 5.41) is 0. The third kappa shape index (κ3) is 97.7. The van der Waals surface area contributed by atoms with Crippen LogP contribution >= 0.6 is 29.5 Å². The van der Waals surface area contributed by atoms with Crippen molar-refractivity contribution in [1.82, 2.24) is 0 Å². The second-order valence-corrected chi connectivity index (χ2v) is 38.9. The Kier molecular flexibility index (Phi) is 93.2. The van der Waals surface area contributed by atoms with Gasteiger partial charge in [-0.05, 0) is 101 Å². The number of hydrogen-bond donors (Lipinski definition) is 0. The van der Waals surface area contributed by atoms with Crippen molar-refractivity contribution in [2.75, 3.05) is 49.3 Å². The van der Waals surface area contributed by atoms with Gasteiger partial charge in [0.25, 0.3) is 0 Å². The van der Waals surface area contributed by atoms with E-state index in [1.165, 1.54) is 308 Å². The van der Waals surface area contributed by atoms with Crippen molar-refractivity contribution >= 4 is 29.5 Å². The number of hydrogen-bond acceptors (Lipinski definition) is 8. The van der Waals surface area contributed by atoms with E-state index in [9.17, 15) is 37.8 Å². The predicted molar refractivity (Wildman–Crippen MR) is 410 cm³/mol. The van der Waals surface area contributed by atoms with Gasteiger partial charge in [0, 0.05) is 29.5 Å². The molecule has 0 aliphatic carbocycles. The average molecular weight is 1480 g/mol. The number of unbranched alkanes of at least 4 members (excludes halogenated alkanes) is 56. The Balaban J connectivity index is -0.000000369. The Bertz CT molecular complexity index is 1250. The minimum Gasteiger partial charge on any atom is -0.799 e. The molecule has 0 bridgehead atoms. The third-order valence-corrected chi connectivity index (χ3v) is 26.8. The summed E-state index contributed by atoms with van der Waals surface area (Å²) in [4.78, 5) is 48.0. The standard InChI is InChI=1S/4C20H43O2P.Mo/c4*1-3-5-7-9-11-13-15-17-19-23(21,22)20-18-16-14-12-10-8-6-4-2;/h4*3-20H2,1-2H3,(H,21,22);/q;;;;+4/p-4. The molecule has 0 N–H and O–H groups in total. The van der Waals surface area contributed by atoms with Crippen LogP contribution in [0.4, 0.5) is 0 Å². The minimum atomic E-state index is -3.07. The largest absolute Gasteiger partial charge is 4.00 e. The molecule has 0 radical (unpaired) electrons. The normalized spacial score (nSPS) is 11.8. The van der Waals surface area contributed by atoms with Gasteiger partial charge in [0.15, 0.2) is 0 Å². The fourth-order valence-electron chi connectivity index (χ4n) is 12.3. The average Bonchev–Trinajstić information content (AvgIpc) is 3.75. The first-order valence-corrected chi connectivity index (χ1v) is 49.6. The van der Waals surface area contributed by atoms with Crippen molar-refractivity contribution in [2.45, 2.75) is 466 Å². The molecule has 0 aliphatic heterocycles. The Morgan fingerprint density at radius 1 is 0.140 bits per heavy atom. The van der Waals surface area contributed by atoms with Gasteiger partial charge in [-0.25, -0.2) is 0 Å². The molecule has 0 amide bonds. The van der Waals surface area contributed by atoms with Gasteiger partial charge >= 0.3 is 21.1 Å². The van der Waals surface area contributed by atoms with E-state index in [0.717, 1.165) is 103 Å². The van der Waals surface area contributed by atoms with E-state index in [1.807, 2.05) is 0 Å². The quantitative estimate of drug-likeness (QED) is 0.0330. The number of rotatable bonds is 72. The van der Waals surface area contributed by atoms with E-state index in [1.54, 1.807) is 0 Å². The van der Waals surface area contributed by atoms with Gasteiger partial charge in [-0.15, -0.1) is 0 Å². The summed E-state index contributed by atoms with van der Waals surface area (Å²) < 4.78 is 48.0. The van der Waals surface area contributed by atoms with Crippen LogP contribution in [0.2, 0.25) is 0 Å². The van der Waals surface area contributed by atoms with Gasteiger partial charge in [-0.1, -0.05) is 415 Å². The molecule has 0 saturated heterocycles. The van der Waals surface area contributed by atoms with Crippen LogP contribution in [0.15, 0.2) is 0 Å². The monoisotopic (exact) mass is 1480 g/mol. The first kappa shape index (κ1) is 103. The molecular formula is C80H168MoO8P4. The predicted octanol–water partition coefficient (Wildman–Crippen LogP) is 27.6. The smallest absolute Gasteiger partial charge is 0.799 e. The molecule has 0 aromatic rings. The first-order valence-electron chi connectivity index (χ1n) is 41.6. The maximum Gasteiger partial charge on any atom is 4.00 e. The molecule has 0 fully saturated rings. The molecule has 0 saturated carbocycles. The summed E-state index contributed by atoms with van der Waals surface area (Å²) in [6, 6.07) is 0. The molecule has 8 nitrogen and oxygen atoms in total. The summed E-state index contributed by atoms with van der Waals surface area (Å²) in [7, 11) is -12.3. The van der Waals surface area contributed by atoms with E-state index in [-0.39, 0.29) is 21.1 Å². The van der Waals surface area contributed by atoms with Crippen molar-refractivity contribution in [3.63, 3.8) is 0 Å². The fourth-order valence-corrected chi connectivity index (χ4v) is 18.9. The van der Waals surface area contributed by atoms with Gasteiger partial charge in [-0.2, -0.15) is 0 Å². The van der Waals surface area contributed by atoms with Crippen molar-refractivity contribution in [2.24, 2.45) is 0 Å². The van der Waals surface area contributed by atoms with E-state index in [2.05, 4.69) is 55.4 Å². The van der Waals surface area contributed by atoms with Crippen LogP contribution < -0.4 is 19.6 Å². The Labute approximate surface area is 600 Å². The molecule has 0 rings (SSSR count). The molecule has 0 heterocycles. The van der Waals surface area contributed by atoms with Gasteiger partial charge < -0.3 is 37.8 Å². The molecule has 0 aromatic heterocycles. The zero-order valence-electron chi connectivity index (χ0n) is 64.4. The molecular weight excluding hydrogens is 1310 g/mol. The van der Waals surface area contributed by atoms with Crippen molar-refractivity contribution in [1.29, 1.82) is 0 Å². The van der Waals surface area contributed by atoms with Crippen LogP contribution in [0.5, 0.6) is 0 Å². The summed E-state index contributed by atoms with van der Waals surface area (Å²) in [6.45, 7) is 17.9. The van der Waals surface area contributed by atoms with Crippen LogP contribution in [-0.4, -0.2) is 49.3 Å². The maximum atomic E-state index is 12.0. The van der Waals surface area contributed by atoms with E-state index >= 15 is 0 Å². The zero-order valence-corrected chi connectivity index (χ0v) is 70.0. The minimum absolute atomic E-state index is 0. The maximum absolute atomic E-state index is 12.0. The second kappa shape index (κ2) is 84.1. The summed E-state index contributed by atoms with van der Waals surface area (Å²) in [6.07, 6.45) is 81.6. The van der Waals surface area contributed by atoms with E-state index < -0.39 is 29.5 Å². The summed E-state index contributed by atoms with van der Waals surface area (Å²) in [5.41, 5.74) is 0. The molecule has 0 aliphatic rings.